The Labute approximate surface area is 66.0 Å². The quantitative estimate of drug-likeness (QED) is 0.734. The number of carboxylic acid groups (broad SMARTS) is 1. The molecule has 0 amide bonds. The molecule has 0 aliphatic carbocycles. The molecule has 1 N–H and O–H groups in total. The molecule has 0 radical (unpaired) electrons. The van der Waals surface area contributed by atoms with Crippen molar-refractivity contribution in [1.82, 2.24) is 0 Å². The van der Waals surface area contributed by atoms with Gasteiger partial charge in [0.25, 0.3) is 0 Å². The molecule has 1 heterocycles. The van der Waals surface area contributed by atoms with Crippen LogP contribution in [0.15, 0.2) is 5.16 Å². The molecule has 5 heteroatoms. The molecule has 0 aromatic carbocycles. The normalized spacial score (nSPS) is 23.7. The zero-order valence-electron chi connectivity index (χ0n) is 5.08. The van der Waals surface area contributed by atoms with E-state index in [9.17, 15) is 4.79 Å². The van der Waals surface area contributed by atoms with Gasteiger partial charge in [0.05, 0.1) is 6.42 Å². The van der Waals surface area contributed by atoms with Crippen LogP contribution in [0.25, 0.3) is 0 Å². The van der Waals surface area contributed by atoms with Crippen LogP contribution in [-0.2, 0) is 9.63 Å². The van der Waals surface area contributed by atoms with E-state index in [2.05, 4.69) is 21.1 Å². The summed E-state index contributed by atoms with van der Waals surface area (Å²) in [6.07, 6.45) is 0.289. The summed E-state index contributed by atoms with van der Waals surface area (Å²) in [4.78, 5) is 14.9. The number of halogens is 1. The molecule has 1 aliphatic heterocycles. The van der Waals surface area contributed by atoms with Crippen LogP contribution in [0.3, 0.4) is 0 Å². The third kappa shape index (κ3) is 1.98. The van der Waals surface area contributed by atoms with Crippen LogP contribution in [0.4, 0.5) is 0 Å². The standard InChI is InChI=1S/C5H6BrNO3/c6-4-1-3(10-7-4)2-5(8)9/h3H,1-2H2,(H,8,9). The maximum absolute atomic E-state index is 10.1. The monoisotopic (exact) mass is 207 g/mol. The Balaban J connectivity index is 2.29. The van der Waals surface area contributed by atoms with Crippen LogP contribution in [0.5, 0.6) is 0 Å². The zero-order chi connectivity index (χ0) is 7.56. The van der Waals surface area contributed by atoms with Gasteiger partial charge in [-0.05, 0) is 15.9 Å². The highest BCUT2D eigenvalue weighted by Crippen LogP contribution is 2.16. The Kier molecular flexibility index (Phi) is 2.26. The van der Waals surface area contributed by atoms with Crippen LogP contribution in [0.1, 0.15) is 12.8 Å². The molecule has 1 unspecified atom stereocenters. The molecule has 0 saturated carbocycles. The van der Waals surface area contributed by atoms with Gasteiger partial charge in [0.15, 0.2) is 0 Å². The molecule has 1 atom stereocenters. The lowest BCUT2D eigenvalue weighted by molar-refractivity contribution is -0.139. The van der Waals surface area contributed by atoms with Crippen LogP contribution in [0.2, 0.25) is 0 Å². The summed E-state index contributed by atoms with van der Waals surface area (Å²) in [5.74, 6) is -0.859. The van der Waals surface area contributed by atoms with Gasteiger partial charge in [0, 0.05) is 6.42 Å². The number of carbonyl (C=O) groups is 1. The first-order chi connectivity index (χ1) is 4.68. The van der Waals surface area contributed by atoms with Gasteiger partial charge >= 0.3 is 5.97 Å². The van der Waals surface area contributed by atoms with Crippen LogP contribution in [0, 0.1) is 0 Å². The average molecular weight is 208 g/mol. The van der Waals surface area contributed by atoms with E-state index in [-0.39, 0.29) is 12.5 Å². The van der Waals surface area contributed by atoms with Crippen molar-refractivity contribution in [3.63, 3.8) is 0 Å². The lowest BCUT2D eigenvalue weighted by Gasteiger charge is -2.01. The Morgan fingerprint density at radius 3 is 3.10 bits per heavy atom. The predicted molar refractivity (Wildman–Crippen MR) is 38.1 cm³/mol. The lowest BCUT2D eigenvalue weighted by atomic mass is 10.2. The number of hydrogen-bond acceptors (Lipinski definition) is 3. The fourth-order valence-electron chi connectivity index (χ4n) is 0.698. The number of hydrogen-bond donors (Lipinski definition) is 1. The van der Waals surface area contributed by atoms with Crippen molar-refractivity contribution in [3.8, 4) is 0 Å². The van der Waals surface area contributed by atoms with Gasteiger partial charge in [0.1, 0.15) is 10.7 Å². The smallest absolute Gasteiger partial charge is 0.307 e. The van der Waals surface area contributed by atoms with Gasteiger partial charge in [-0.2, -0.15) is 0 Å². The van der Waals surface area contributed by atoms with Gasteiger partial charge in [-0.15, -0.1) is 0 Å². The second-order valence-electron chi connectivity index (χ2n) is 2.00. The van der Waals surface area contributed by atoms with Crippen molar-refractivity contribution in [2.45, 2.75) is 18.9 Å². The van der Waals surface area contributed by atoms with Crippen LogP contribution in [-0.4, -0.2) is 21.8 Å². The van der Waals surface area contributed by atoms with Crippen molar-refractivity contribution in [1.29, 1.82) is 0 Å². The molecule has 0 aromatic rings. The molecular formula is C5H6BrNO3. The topological polar surface area (TPSA) is 58.9 Å². The molecule has 0 saturated heterocycles. The summed E-state index contributed by atoms with van der Waals surface area (Å²) in [6.45, 7) is 0. The minimum absolute atomic E-state index is 0.0125. The van der Waals surface area contributed by atoms with E-state index in [4.69, 9.17) is 9.94 Å². The van der Waals surface area contributed by atoms with Crippen molar-refractivity contribution in [2.75, 3.05) is 0 Å². The maximum atomic E-state index is 10.1. The van der Waals surface area contributed by atoms with Crippen molar-refractivity contribution in [3.05, 3.63) is 0 Å². The second kappa shape index (κ2) is 3.01. The molecule has 0 aromatic heterocycles. The summed E-state index contributed by atoms with van der Waals surface area (Å²) in [5, 5.41) is 11.9. The van der Waals surface area contributed by atoms with Crippen LogP contribution >= 0.6 is 15.9 Å². The van der Waals surface area contributed by atoms with E-state index in [1.54, 1.807) is 0 Å². The summed E-state index contributed by atoms with van der Waals surface area (Å²) in [6, 6.07) is 0. The van der Waals surface area contributed by atoms with Crippen LogP contribution < -0.4 is 0 Å². The Morgan fingerprint density at radius 1 is 2.00 bits per heavy atom. The number of nitrogens with zero attached hydrogens (tertiary/aromatic N) is 1. The first kappa shape index (κ1) is 7.53. The van der Waals surface area contributed by atoms with E-state index in [0.29, 0.717) is 11.0 Å². The third-order valence-electron chi connectivity index (χ3n) is 1.10. The highest BCUT2D eigenvalue weighted by Gasteiger charge is 2.21. The third-order valence-corrected chi connectivity index (χ3v) is 1.57. The first-order valence-electron chi connectivity index (χ1n) is 2.78. The number of rotatable bonds is 2. The summed E-state index contributed by atoms with van der Waals surface area (Å²) in [5.41, 5.74) is 0. The molecule has 10 heavy (non-hydrogen) atoms. The number of oxime groups is 1. The summed E-state index contributed by atoms with van der Waals surface area (Å²) >= 11 is 3.10. The molecule has 4 nitrogen and oxygen atoms in total. The number of aliphatic carboxylic acids is 1. The van der Waals surface area contributed by atoms with Gasteiger partial charge in [-0.3, -0.25) is 4.79 Å². The van der Waals surface area contributed by atoms with Crippen molar-refractivity contribution < 1.29 is 14.7 Å². The van der Waals surface area contributed by atoms with Gasteiger partial charge in [0.2, 0.25) is 0 Å². The summed E-state index contributed by atoms with van der Waals surface area (Å²) in [7, 11) is 0. The molecule has 1 aliphatic rings. The van der Waals surface area contributed by atoms with E-state index < -0.39 is 5.97 Å². The van der Waals surface area contributed by atoms with E-state index in [1.165, 1.54) is 0 Å². The zero-order valence-corrected chi connectivity index (χ0v) is 6.67. The van der Waals surface area contributed by atoms with E-state index in [0.717, 1.165) is 0 Å². The predicted octanol–water partition coefficient (Wildman–Crippen LogP) is 0.958. The fourth-order valence-corrected chi connectivity index (χ4v) is 1.14. The Bertz CT molecular complexity index is 180. The Hall–Kier alpha value is -0.580. The number of carboxylic acids is 1. The van der Waals surface area contributed by atoms with Gasteiger partial charge < -0.3 is 9.94 Å². The van der Waals surface area contributed by atoms with Crippen molar-refractivity contribution >= 4 is 26.5 Å². The molecule has 1 rings (SSSR count). The summed E-state index contributed by atoms with van der Waals surface area (Å²) < 4.78 is 0.679. The average Bonchev–Trinajstić information content (AvgIpc) is 2.13. The highest BCUT2D eigenvalue weighted by molar-refractivity contribution is 9.18. The maximum Gasteiger partial charge on any atom is 0.307 e. The molecule has 0 spiro atoms. The molecular weight excluding hydrogens is 202 g/mol. The highest BCUT2D eigenvalue weighted by atomic mass is 79.9. The largest absolute Gasteiger partial charge is 0.481 e. The van der Waals surface area contributed by atoms with E-state index >= 15 is 0 Å². The van der Waals surface area contributed by atoms with Gasteiger partial charge in [-0.25, -0.2) is 0 Å². The Morgan fingerprint density at radius 2 is 2.70 bits per heavy atom. The minimum Gasteiger partial charge on any atom is -0.481 e. The van der Waals surface area contributed by atoms with Gasteiger partial charge in [-0.1, -0.05) is 5.16 Å². The van der Waals surface area contributed by atoms with Crippen molar-refractivity contribution in [2.24, 2.45) is 5.16 Å². The molecule has 0 fully saturated rings. The lowest BCUT2D eigenvalue weighted by Crippen LogP contribution is -2.12. The first-order valence-corrected chi connectivity index (χ1v) is 3.58. The minimum atomic E-state index is -0.859. The SMILES string of the molecule is O=C(O)CC1CC(Br)=NO1. The second-order valence-corrected chi connectivity index (χ2v) is 2.91. The fraction of sp³-hybridized carbons (Fsp3) is 0.600. The molecule has 56 valence electrons. The van der Waals surface area contributed by atoms with E-state index in [1.807, 2.05) is 0 Å². The molecule has 0 bridgehead atoms.